The number of phenolic OH excluding ortho intramolecular Hbond substituents is 1. The molecule has 0 spiro atoms. The van der Waals surface area contributed by atoms with Gasteiger partial charge in [-0.15, -0.1) is 0 Å². The van der Waals surface area contributed by atoms with Crippen molar-refractivity contribution in [1.82, 2.24) is 0 Å². The number of hydrogen-bond donors (Lipinski definition) is 1. The lowest BCUT2D eigenvalue weighted by Gasteiger charge is -2.29. The highest BCUT2D eigenvalue weighted by Crippen LogP contribution is 2.42. The number of aromatic hydroxyl groups is 1. The fraction of sp³-hybridized carbons (Fsp3) is 0.647. The predicted molar refractivity (Wildman–Crippen MR) is 87.2 cm³/mol. The number of benzene rings is 1. The molecule has 0 aromatic heterocycles. The van der Waals surface area contributed by atoms with Crippen molar-refractivity contribution in [2.75, 3.05) is 0 Å². The Labute approximate surface area is 130 Å². The molecule has 0 aliphatic heterocycles. The van der Waals surface area contributed by atoms with E-state index < -0.39 is 0 Å². The van der Waals surface area contributed by atoms with Gasteiger partial charge in [0.25, 0.3) is 0 Å². The van der Waals surface area contributed by atoms with Crippen LogP contribution in [0.25, 0.3) is 0 Å². The van der Waals surface area contributed by atoms with Gasteiger partial charge in [0.1, 0.15) is 5.75 Å². The lowest BCUT2D eigenvalue weighted by molar-refractivity contribution is 0.223. The molecule has 0 radical (unpaired) electrons. The third-order valence-electron chi connectivity index (χ3n) is 3.66. The molecular formula is C17H27O3P. The van der Waals surface area contributed by atoms with Gasteiger partial charge < -0.3 is 5.11 Å². The summed E-state index contributed by atoms with van der Waals surface area (Å²) < 4.78 is 16.1. The van der Waals surface area contributed by atoms with Crippen molar-refractivity contribution < 1.29 is 14.2 Å². The molecule has 1 aromatic carbocycles. The monoisotopic (exact) mass is 310 g/mol. The van der Waals surface area contributed by atoms with Crippen LogP contribution < -0.4 is 0 Å². The summed E-state index contributed by atoms with van der Waals surface area (Å²) in [6.07, 6.45) is 0.500. The van der Waals surface area contributed by atoms with E-state index >= 15 is 0 Å². The molecule has 0 fully saturated rings. The van der Waals surface area contributed by atoms with Gasteiger partial charge in [0.05, 0.1) is 6.10 Å². The van der Waals surface area contributed by atoms with Gasteiger partial charge >= 0.3 is 8.69 Å². The maximum atomic E-state index is 10.8. The van der Waals surface area contributed by atoms with Crippen molar-refractivity contribution in [1.29, 1.82) is 0 Å². The van der Waals surface area contributed by atoms with Crippen LogP contribution >= 0.6 is 8.69 Å². The van der Waals surface area contributed by atoms with E-state index in [-0.39, 0.29) is 25.6 Å². The van der Waals surface area contributed by atoms with Gasteiger partial charge in [0, 0.05) is 0 Å². The van der Waals surface area contributed by atoms with Crippen LogP contribution in [0, 0.1) is 0 Å². The zero-order chi connectivity index (χ0) is 16.4. The second kappa shape index (κ2) is 6.46. The summed E-state index contributed by atoms with van der Waals surface area (Å²) in [5.74, 6) is 0.355. The highest BCUT2D eigenvalue weighted by molar-refractivity contribution is 7.17. The molecule has 118 valence electrons. The molecule has 4 heteroatoms. The molecule has 0 bridgehead atoms. The standard InChI is InChI=1S/C17H27O3P/c1-8-14(20-21-19)11-9-12(16(2,3)4)15(18)13(10-11)17(5,6)7/h9-10,14,18H,8H2,1-7H3. The maximum Gasteiger partial charge on any atom is 0.327 e. The van der Waals surface area contributed by atoms with Crippen LogP contribution in [0.4, 0.5) is 0 Å². The Hall–Kier alpha value is -0.920. The molecule has 1 atom stereocenters. The first-order valence-electron chi connectivity index (χ1n) is 7.38. The molecule has 21 heavy (non-hydrogen) atoms. The summed E-state index contributed by atoms with van der Waals surface area (Å²) in [6.45, 7) is 14.4. The highest BCUT2D eigenvalue weighted by atomic mass is 31.1. The molecule has 0 saturated carbocycles. The molecule has 3 nitrogen and oxygen atoms in total. The Bertz CT molecular complexity index is 475. The summed E-state index contributed by atoms with van der Waals surface area (Å²) in [7, 11) is -0.315. The summed E-state index contributed by atoms with van der Waals surface area (Å²) >= 11 is 0. The van der Waals surface area contributed by atoms with Gasteiger partial charge in [0.2, 0.25) is 0 Å². The van der Waals surface area contributed by atoms with E-state index in [4.69, 9.17) is 4.52 Å². The fourth-order valence-corrected chi connectivity index (χ4v) is 2.78. The van der Waals surface area contributed by atoms with Gasteiger partial charge in [-0.3, -0.25) is 4.52 Å². The summed E-state index contributed by atoms with van der Waals surface area (Å²) in [5.41, 5.74) is 2.42. The van der Waals surface area contributed by atoms with Crippen molar-refractivity contribution >= 4 is 8.69 Å². The van der Waals surface area contributed by atoms with Crippen LogP contribution in [0.1, 0.15) is 77.7 Å². The maximum absolute atomic E-state index is 10.8. The van der Waals surface area contributed by atoms with Gasteiger partial charge in [-0.2, -0.15) is 0 Å². The zero-order valence-corrected chi connectivity index (χ0v) is 15.0. The van der Waals surface area contributed by atoms with E-state index in [1.54, 1.807) is 0 Å². The van der Waals surface area contributed by atoms with Crippen LogP contribution in [-0.4, -0.2) is 5.11 Å². The summed E-state index contributed by atoms with van der Waals surface area (Å²) in [6, 6.07) is 3.95. The van der Waals surface area contributed by atoms with E-state index in [9.17, 15) is 9.67 Å². The second-order valence-corrected chi connectivity index (χ2v) is 7.90. The SMILES string of the molecule is CCC(OP=O)c1cc(C(C)(C)C)c(O)c(C(C)(C)C)c1. The van der Waals surface area contributed by atoms with Gasteiger partial charge in [-0.05, 0) is 46.1 Å². The fourth-order valence-electron chi connectivity index (χ4n) is 2.41. The van der Waals surface area contributed by atoms with Gasteiger partial charge in [-0.1, -0.05) is 48.5 Å². The van der Waals surface area contributed by atoms with Crippen LogP contribution in [0.3, 0.4) is 0 Å². The Morgan fingerprint density at radius 3 is 1.81 bits per heavy atom. The minimum absolute atomic E-state index is 0.173. The smallest absolute Gasteiger partial charge is 0.327 e. The largest absolute Gasteiger partial charge is 0.507 e. The molecule has 0 saturated heterocycles. The first-order chi connectivity index (χ1) is 9.52. The lowest BCUT2D eigenvalue weighted by Crippen LogP contribution is -2.18. The molecule has 0 heterocycles. The number of rotatable bonds is 4. The van der Waals surface area contributed by atoms with Gasteiger partial charge in [0.15, 0.2) is 0 Å². The Morgan fingerprint density at radius 2 is 1.52 bits per heavy atom. The van der Waals surface area contributed by atoms with E-state index in [0.717, 1.165) is 23.1 Å². The van der Waals surface area contributed by atoms with Crippen molar-refractivity contribution in [2.24, 2.45) is 0 Å². The van der Waals surface area contributed by atoms with E-state index in [2.05, 4.69) is 41.5 Å². The third kappa shape index (κ3) is 4.28. The molecule has 0 aliphatic carbocycles. The molecule has 0 amide bonds. The second-order valence-electron chi connectivity index (χ2n) is 7.54. The Kier molecular flexibility index (Phi) is 5.57. The average molecular weight is 310 g/mol. The average Bonchev–Trinajstić information content (AvgIpc) is 2.33. The van der Waals surface area contributed by atoms with Crippen molar-refractivity contribution in [3.63, 3.8) is 0 Å². The number of phenols is 1. The summed E-state index contributed by atoms with van der Waals surface area (Å²) in [5, 5.41) is 10.7. The molecule has 1 unspecified atom stereocenters. The van der Waals surface area contributed by atoms with Crippen LogP contribution in [0.5, 0.6) is 5.75 Å². The quantitative estimate of drug-likeness (QED) is 0.730. The lowest BCUT2D eigenvalue weighted by atomic mass is 9.78. The van der Waals surface area contributed by atoms with Gasteiger partial charge in [-0.25, -0.2) is 4.57 Å². The first-order valence-corrected chi connectivity index (χ1v) is 8.11. The molecular weight excluding hydrogens is 283 g/mol. The van der Waals surface area contributed by atoms with Crippen LogP contribution in [0.15, 0.2) is 12.1 Å². The molecule has 1 N–H and O–H groups in total. The predicted octanol–water partition coefficient (Wildman–Crippen LogP) is 5.66. The topological polar surface area (TPSA) is 46.5 Å². The molecule has 1 rings (SSSR count). The summed E-state index contributed by atoms with van der Waals surface area (Å²) in [4.78, 5) is 0. The van der Waals surface area contributed by atoms with Crippen molar-refractivity contribution in [3.05, 3.63) is 28.8 Å². The first kappa shape index (κ1) is 18.1. The zero-order valence-electron chi connectivity index (χ0n) is 14.2. The Balaban J connectivity index is 3.57. The molecule has 1 aromatic rings. The number of hydrogen-bond acceptors (Lipinski definition) is 3. The molecule has 0 aliphatic rings. The Morgan fingerprint density at radius 1 is 1.10 bits per heavy atom. The minimum atomic E-state index is -0.315. The van der Waals surface area contributed by atoms with E-state index in [0.29, 0.717) is 5.75 Å². The third-order valence-corrected chi connectivity index (χ3v) is 4.00. The van der Waals surface area contributed by atoms with E-state index in [1.807, 2.05) is 19.1 Å². The highest BCUT2D eigenvalue weighted by Gasteiger charge is 2.28. The van der Waals surface area contributed by atoms with Crippen LogP contribution in [-0.2, 0) is 19.9 Å². The van der Waals surface area contributed by atoms with Crippen molar-refractivity contribution in [3.8, 4) is 5.75 Å². The minimum Gasteiger partial charge on any atom is -0.507 e. The van der Waals surface area contributed by atoms with E-state index in [1.165, 1.54) is 0 Å². The van der Waals surface area contributed by atoms with Crippen molar-refractivity contribution in [2.45, 2.75) is 71.8 Å². The van der Waals surface area contributed by atoms with Crippen LogP contribution in [0.2, 0.25) is 0 Å². The normalized spacial score (nSPS) is 14.4.